The molecular weight excluding hydrogens is 226 g/mol. The molecule has 1 heterocycles. The summed E-state index contributed by atoms with van der Waals surface area (Å²) in [5, 5.41) is 8.25. The fourth-order valence-corrected chi connectivity index (χ4v) is 2.33. The third kappa shape index (κ3) is 3.12. The fraction of sp³-hybridized carbons (Fsp3) is 0.786. The number of hydrogen-bond acceptors (Lipinski definition) is 3. The highest BCUT2D eigenvalue weighted by Crippen LogP contribution is 2.22. The smallest absolute Gasteiger partial charge is 0.0641 e. The number of aromatic nitrogens is 2. The topological polar surface area (TPSA) is 39.1 Å². The van der Waals surface area contributed by atoms with E-state index in [1.54, 1.807) is 7.11 Å². The maximum absolute atomic E-state index is 5.14. The van der Waals surface area contributed by atoms with Gasteiger partial charge in [-0.2, -0.15) is 5.10 Å². The van der Waals surface area contributed by atoms with E-state index in [4.69, 9.17) is 4.74 Å². The third-order valence-electron chi connectivity index (χ3n) is 3.78. The van der Waals surface area contributed by atoms with Gasteiger partial charge in [0.2, 0.25) is 0 Å². The van der Waals surface area contributed by atoms with Gasteiger partial charge in [0.05, 0.1) is 11.7 Å². The quantitative estimate of drug-likeness (QED) is 0.808. The molecule has 0 saturated heterocycles. The Balaban J connectivity index is 2.03. The van der Waals surface area contributed by atoms with Crippen molar-refractivity contribution < 1.29 is 4.74 Å². The van der Waals surface area contributed by atoms with Crippen LogP contribution >= 0.6 is 0 Å². The van der Waals surface area contributed by atoms with E-state index in [0.29, 0.717) is 6.04 Å². The Morgan fingerprint density at radius 3 is 2.78 bits per heavy atom. The van der Waals surface area contributed by atoms with Gasteiger partial charge in [0.25, 0.3) is 0 Å². The number of methoxy groups -OCH3 is 1. The van der Waals surface area contributed by atoms with E-state index in [9.17, 15) is 0 Å². The van der Waals surface area contributed by atoms with Crippen LogP contribution in [-0.4, -0.2) is 29.5 Å². The lowest BCUT2D eigenvalue weighted by Gasteiger charge is -2.14. The highest BCUT2D eigenvalue weighted by Gasteiger charge is 2.22. The van der Waals surface area contributed by atoms with E-state index in [2.05, 4.69) is 35.9 Å². The summed E-state index contributed by atoms with van der Waals surface area (Å²) in [6.07, 6.45) is 3.67. The molecule has 1 aliphatic carbocycles. The standard InChI is InChI=1S/C14H25N3O/c1-10(7-8-18-4)17-12(3)14(11(2)16-17)9-15-13-5-6-13/h10,13,15H,5-9H2,1-4H3. The average molecular weight is 251 g/mol. The average Bonchev–Trinajstić information content (AvgIpc) is 3.12. The molecule has 1 aliphatic rings. The first-order valence-electron chi connectivity index (χ1n) is 6.90. The minimum absolute atomic E-state index is 0.401. The number of rotatable bonds is 7. The Morgan fingerprint density at radius 1 is 1.44 bits per heavy atom. The van der Waals surface area contributed by atoms with Gasteiger partial charge in [-0.05, 0) is 40.0 Å². The largest absolute Gasteiger partial charge is 0.385 e. The van der Waals surface area contributed by atoms with Crippen molar-refractivity contribution in [2.75, 3.05) is 13.7 Å². The molecule has 0 bridgehead atoms. The van der Waals surface area contributed by atoms with Gasteiger partial charge in [-0.3, -0.25) is 4.68 Å². The number of aryl methyl sites for hydroxylation is 1. The lowest BCUT2D eigenvalue weighted by Crippen LogP contribution is -2.17. The lowest BCUT2D eigenvalue weighted by molar-refractivity contribution is 0.178. The van der Waals surface area contributed by atoms with Crippen LogP contribution in [0.2, 0.25) is 0 Å². The number of hydrogen-bond donors (Lipinski definition) is 1. The predicted molar refractivity (Wildman–Crippen MR) is 72.8 cm³/mol. The van der Waals surface area contributed by atoms with Crippen molar-refractivity contribution in [1.29, 1.82) is 0 Å². The highest BCUT2D eigenvalue weighted by molar-refractivity contribution is 5.25. The van der Waals surface area contributed by atoms with Crippen LogP contribution < -0.4 is 5.32 Å². The second-order valence-corrected chi connectivity index (χ2v) is 5.38. The molecule has 0 aliphatic heterocycles. The first-order valence-corrected chi connectivity index (χ1v) is 6.90. The molecule has 1 aromatic heterocycles. The summed E-state index contributed by atoms with van der Waals surface area (Å²) in [5.41, 5.74) is 3.82. The van der Waals surface area contributed by atoms with Crippen LogP contribution in [0.3, 0.4) is 0 Å². The maximum atomic E-state index is 5.14. The molecule has 0 amide bonds. The Kier molecular flexibility index (Phi) is 4.40. The van der Waals surface area contributed by atoms with Crippen LogP contribution in [0, 0.1) is 13.8 Å². The number of ether oxygens (including phenoxy) is 1. The van der Waals surface area contributed by atoms with Crippen LogP contribution in [0.15, 0.2) is 0 Å². The SMILES string of the molecule is COCCC(C)n1nc(C)c(CNC2CC2)c1C. The van der Waals surface area contributed by atoms with Gasteiger partial charge >= 0.3 is 0 Å². The van der Waals surface area contributed by atoms with Crippen LogP contribution in [-0.2, 0) is 11.3 Å². The van der Waals surface area contributed by atoms with Crippen LogP contribution in [0.4, 0.5) is 0 Å². The number of nitrogens with zero attached hydrogens (tertiary/aromatic N) is 2. The minimum atomic E-state index is 0.401. The Labute approximate surface area is 110 Å². The van der Waals surface area contributed by atoms with E-state index < -0.39 is 0 Å². The molecule has 4 nitrogen and oxygen atoms in total. The maximum Gasteiger partial charge on any atom is 0.0641 e. The second kappa shape index (κ2) is 5.85. The molecule has 0 spiro atoms. The van der Waals surface area contributed by atoms with Gasteiger partial charge in [0, 0.05) is 37.6 Å². The van der Waals surface area contributed by atoms with Crippen molar-refractivity contribution in [2.45, 2.75) is 58.7 Å². The zero-order chi connectivity index (χ0) is 13.1. The predicted octanol–water partition coefficient (Wildman–Crippen LogP) is 2.35. The summed E-state index contributed by atoms with van der Waals surface area (Å²) in [6.45, 7) is 8.23. The first kappa shape index (κ1) is 13.6. The van der Waals surface area contributed by atoms with Crippen LogP contribution in [0.5, 0.6) is 0 Å². The number of nitrogens with one attached hydrogen (secondary N) is 1. The molecule has 1 saturated carbocycles. The van der Waals surface area contributed by atoms with Crippen LogP contribution in [0.1, 0.15) is 49.2 Å². The van der Waals surface area contributed by atoms with Gasteiger partial charge in [0.15, 0.2) is 0 Å². The zero-order valence-electron chi connectivity index (χ0n) is 12.0. The monoisotopic (exact) mass is 251 g/mol. The molecule has 0 radical (unpaired) electrons. The molecule has 1 fully saturated rings. The van der Waals surface area contributed by atoms with E-state index in [1.807, 2.05) is 0 Å². The van der Waals surface area contributed by atoms with Crippen molar-refractivity contribution in [3.8, 4) is 0 Å². The first-order chi connectivity index (χ1) is 8.63. The molecule has 4 heteroatoms. The highest BCUT2D eigenvalue weighted by atomic mass is 16.5. The van der Waals surface area contributed by atoms with Crippen molar-refractivity contribution in [3.63, 3.8) is 0 Å². The third-order valence-corrected chi connectivity index (χ3v) is 3.78. The van der Waals surface area contributed by atoms with Crippen molar-refractivity contribution >= 4 is 0 Å². The molecular formula is C14H25N3O. The Hall–Kier alpha value is -0.870. The minimum Gasteiger partial charge on any atom is -0.385 e. The summed E-state index contributed by atoms with van der Waals surface area (Å²) < 4.78 is 7.30. The molecule has 1 N–H and O–H groups in total. The molecule has 102 valence electrons. The summed E-state index contributed by atoms with van der Waals surface area (Å²) in [6, 6.07) is 1.15. The molecule has 18 heavy (non-hydrogen) atoms. The molecule has 1 unspecified atom stereocenters. The molecule has 0 aromatic carbocycles. The summed E-state index contributed by atoms with van der Waals surface area (Å²) in [4.78, 5) is 0. The van der Waals surface area contributed by atoms with Crippen molar-refractivity contribution in [3.05, 3.63) is 17.0 Å². The summed E-state index contributed by atoms with van der Waals surface area (Å²) >= 11 is 0. The van der Waals surface area contributed by atoms with Gasteiger partial charge < -0.3 is 10.1 Å². The normalized spacial score (nSPS) is 17.1. The summed E-state index contributed by atoms with van der Waals surface area (Å²) in [5.74, 6) is 0. The van der Waals surface area contributed by atoms with E-state index in [1.165, 1.54) is 24.1 Å². The molecule has 2 rings (SSSR count). The molecule has 1 atom stereocenters. The van der Waals surface area contributed by atoms with E-state index in [-0.39, 0.29) is 0 Å². The van der Waals surface area contributed by atoms with Gasteiger partial charge in [-0.25, -0.2) is 0 Å². The van der Waals surface area contributed by atoms with E-state index in [0.717, 1.165) is 31.3 Å². The summed E-state index contributed by atoms with van der Waals surface area (Å²) in [7, 11) is 1.75. The van der Waals surface area contributed by atoms with Crippen molar-refractivity contribution in [2.24, 2.45) is 0 Å². The van der Waals surface area contributed by atoms with Gasteiger partial charge in [-0.15, -0.1) is 0 Å². The Bertz CT molecular complexity index is 396. The zero-order valence-corrected chi connectivity index (χ0v) is 12.0. The Morgan fingerprint density at radius 2 is 2.17 bits per heavy atom. The van der Waals surface area contributed by atoms with Crippen LogP contribution in [0.25, 0.3) is 0 Å². The van der Waals surface area contributed by atoms with Gasteiger partial charge in [0.1, 0.15) is 0 Å². The fourth-order valence-electron chi connectivity index (χ4n) is 2.33. The second-order valence-electron chi connectivity index (χ2n) is 5.38. The van der Waals surface area contributed by atoms with Crippen molar-refractivity contribution in [1.82, 2.24) is 15.1 Å². The lowest BCUT2D eigenvalue weighted by atomic mass is 10.2. The van der Waals surface area contributed by atoms with Gasteiger partial charge in [-0.1, -0.05) is 0 Å². The van der Waals surface area contributed by atoms with E-state index >= 15 is 0 Å². The molecule has 1 aromatic rings.